The summed E-state index contributed by atoms with van der Waals surface area (Å²) in [6, 6.07) is -0.338. The van der Waals surface area contributed by atoms with Crippen LogP contribution in [0.4, 0.5) is 4.79 Å². The van der Waals surface area contributed by atoms with Gasteiger partial charge in [-0.1, -0.05) is 13.8 Å². The molecule has 1 fully saturated rings. The number of aliphatic hydroxyl groups is 1. The Bertz CT molecular complexity index is 318. The SMILES string of the molecule is CC.CNC(=O)N(/C=C(/C)C=O)[C@H]1CC[C@@H](CO)O1. The van der Waals surface area contributed by atoms with Gasteiger partial charge in [0.2, 0.25) is 0 Å². The molecule has 1 saturated heterocycles. The minimum atomic E-state index is -0.429. The van der Waals surface area contributed by atoms with Gasteiger partial charge in [0.25, 0.3) is 0 Å². The van der Waals surface area contributed by atoms with Crippen LogP contribution in [0, 0.1) is 0 Å². The molecule has 6 heteroatoms. The number of urea groups is 1. The van der Waals surface area contributed by atoms with E-state index in [9.17, 15) is 9.59 Å². The number of rotatable bonds is 4. The molecule has 0 aromatic carbocycles. The largest absolute Gasteiger partial charge is 0.394 e. The van der Waals surface area contributed by atoms with E-state index in [0.717, 1.165) is 0 Å². The number of nitrogens with zero attached hydrogens (tertiary/aromatic N) is 1. The van der Waals surface area contributed by atoms with E-state index in [-0.39, 0.29) is 18.7 Å². The van der Waals surface area contributed by atoms with Gasteiger partial charge in [-0.05, 0) is 19.8 Å². The first kappa shape index (κ1) is 17.6. The standard InChI is InChI=1S/C11H18N2O4.C2H6/c1-8(6-14)5-13(11(16)12-2)10-4-3-9(7-15)17-10;1-2/h5-6,9-10,15H,3-4,7H2,1-2H3,(H,12,16);1-2H3/b8-5-;/t9-,10+;/m0./s1. The Kier molecular flexibility index (Phi) is 8.82. The average molecular weight is 272 g/mol. The zero-order valence-electron chi connectivity index (χ0n) is 12.0. The third kappa shape index (κ3) is 5.40. The molecule has 2 N–H and O–H groups in total. The molecule has 1 rings (SSSR count). The van der Waals surface area contributed by atoms with Crippen LogP contribution in [0.1, 0.15) is 33.6 Å². The highest BCUT2D eigenvalue weighted by atomic mass is 16.5. The first-order chi connectivity index (χ1) is 9.12. The molecule has 19 heavy (non-hydrogen) atoms. The van der Waals surface area contributed by atoms with E-state index < -0.39 is 6.23 Å². The highest BCUT2D eigenvalue weighted by molar-refractivity contribution is 5.78. The molecular formula is C13H24N2O4. The molecule has 0 bridgehead atoms. The maximum absolute atomic E-state index is 11.7. The molecule has 1 heterocycles. The highest BCUT2D eigenvalue weighted by Gasteiger charge is 2.31. The first-order valence-corrected chi connectivity index (χ1v) is 6.52. The number of carbonyl (C=O) groups excluding carboxylic acids is 2. The maximum atomic E-state index is 11.7. The molecule has 2 amide bonds. The van der Waals surface area contributed by atoms with E-state index in [4.69, 9.17) is 9.84 Å². The molecule has 1 aliphatic rings. The normalized spacial score (nSPS) is 22.3. The fourth-order valence-electron chi connectivity index (χ4n) is 1.68. The summed E-state index contributed by atoms with van der Waals surface area (Å²) in [7, 11) is 1.51. The fraction of sp³-hybridized carbons (Fsp3) is 0.692. The molecule has 0 unspecified atom stereocenters. The van der Waals surface area contributed by atoms with Gasteiger partial charge in [0.05, 0.1) is 12.7 Å². The number of aliphatic hydroxyl groups excluding tert-OH is 1. The summed E-state index contributed by atoms with van der Waals surface area (Å²) in [4.78, 5) is 23.6. The Morgan fingerprint density at radius 1 is 1.47 bits per heavy atom. The predicted molar refractivity (Wildman–Crippen MR) is 72.4 cm³/mol. The van der Waals surface area contributed by atoms with Crippen molar-refractivity contribution in [1.29, 1.82) is 0 Å². The summed E-state index contributed by atoms with van der Waals surface area (Å²) in [5.74, 6) is 0. The number of carbonyl (C=O) groups is 2. The molecule has 0 radical (unpaired) electrons. The van der Waals surface area contributed by atoms with Crippen molar-refractivity contribution >= 4 is 12.3 Å². The second kappa shape index (κ2) is 9.52. The summed E-state index contributed by atoms with van der Waals surface area (Å²) in [6.07, 6.45) is 2.80. The van der Waals surface area contributed by atoms with Crippen molar-refractivity contribution in [3.05, 3.63) is 11.8 Å². The molecule has 0 aromatic rings. The van der Waals surface area contributed by atoms with Crippen molar-refractivity contribution in [2.45, 2.75) is 45.9 Å². The van der Waals surface area contributed by atoms with E-state index in [1.165, 1.54) is 18.1 Å². The van der Waals surface area contributed by atoms with Crippen LogP contribution in [0.25, 0.3) is 0 Å². The Morgan fingerprint density at radius 2 is 2.11 bits per heavy atom. The molecule has 0 spiro atoms. The Morgan fingerprint density at radius 3 is 2.53 bits per heavy atom. The number of hydrogen-bond acceptors (Lipinski definition) is 4. The van der Waals surface area contributed by atoms with Crippen LogP contribution in [0.3, 0.4) is 0 Å². The molecule has 110 valence electrons. The topological polar surface area (TPSA) is 78.9 Å². The van der Waals surface area contributed by atoms with Crippen molar-refractivity contribution in [2.75, 3.05) is 13.7 Å². The summed E-state index contributed by atoms with van der Waals surface area (Å²) in [6.45, 7) is 5.55. The van der Waals surface area contributed by atoms with Crippen LogP contribution in [0.2, 0.25) is 0 Å². The van der Waals surface area contributed by atoms with Gasteiger partial charge in [0.1, 0.15) is 12.5 Å². The van der Waals surface area contributed by atoms with E-state index in [2.05, 4.69) is 5.32 Å². The highest BCUT2D eigenvalue weighted by Crippen LogP contribution is 2.23. The van der Waals surface area contributed by atoms with Crippen LogP contribution in [0.15, 0.2) is 11.8 Å². The average Bonchev–Trinajstić information content (AvgIpc) is 2.94. The van der Waals surface area contributed by atoms with Gasteiger partial charge in [-0.25, -0.2) is 4.79 Å². The number of allylic oxidation sites excluding steroid dienone is 1. The van der Waals surface area contributed by atoms with Gasteiger partial charge in [-0.15, -0.1) is 0 Å². The van der Waals surface area contributed by atoms with Gasteiger partial charge in [0.15, 0.2) is 0 Å². The molecule has 2 atom stereocenters. The monoisotopic (exact) mass is 272 g/mol. The van der Waals surface area contributed by atoms with Gasteiger partial charge < -0.3 is 15.2 Å². The Balaban J connectivity index is 0.00000154. The summed E-state index contributed by atoms with van der Waals surface area (Å²) < 4.78 is 5.50. The number of hydrogen-bond donors (Lipinski definition) is 2. The zero-order chi connectivity index (χ0) is 14.8. The number of ether oxygens (including phenoxy) is 1. The van der Waals surface area contributed by atoms with Gasteiger partial charge in [-0.3, -0.25) is 9.69 Å². The summed E-state index contributed by atoms with van der Waals surface area (Å²) >= 11 is 0. The maximum Gasteiger partial charge on any atom is 0.323 e. The lowest BCUT2D eigenvalue weighted by Gasteiger charge is -2.25. The quantitative estimate of drug-likeness (QED) is 0.596. The minimum absolute atomic E-state index is 0.0611. The van der Waals surface area contributed by atoms with Crippen LogP contribution >= 0.6 is 0 Å². The van der Waals surface area contributed by atoms with Gasteiger partial charge in [0, 0.05) is 18.8 Å². The second-order valence-corrected chi connectivity index (χ2v) is 3.93. The van der Waals surface area contributed by atoms with Crippen molar-refractivity contribution in [2.24, 2.45) is 0 Å². The van der Waals surface area contributed by atoms with Crippen LogP contribution < -0.4 is 5.32 Å². The van der Waals surface area contributed by atoms with Crippen LogP contribution in [-0.4, -0.2) is 48.3 Å². The number of amides is 2. The molecule has 0 saturated carbocycles. The molecule has 0 aromatic heterocycles. The third-order valence-corrected chi connectivity index (χ3v) is 2.58. The second-order valence-electron chi connectivity index (χ2n) is 3.93. The minimum Gasteiger partial charge on any atom is -0.394 e. The van der Waals surface area contributed by atoms with Crippen LogP contribution in [-0.2, 0) is 9.53 Å². The van der Waals surface area contributed by atoms with Crippen LogP contribution in [0.5, 0.6) is 0 Å². The number of aldehydes is 1. The van der Waals surface area contributed by atoms with Gasteiger partial charge in [-0.2, -0.15) is 0 Å². The first-order valence-electron chi connectivity index (χ1n) is 6.52. The lowest BCUT2D eigenvalue weighted by molar-refractivity contribution is -0.105. The van der Waals surface area contributed by atoms with E-state index in [1.54, 1.807) is 6.92 Å². The van der Waals surface area contributed by atoms with E-state index in [0.29, 0.717) is 24.7 Å². The Labute approximate surface area is 114 Å². The van der Waals surface area contributed by atoms with Crippen molar-refractivity contribution in [1.82, 2.24) is 10.2 Å². The van der Waals surface area contributed by atoms with Crippen molar-refractivity contribution < 1.29 is 19.4 Å². The van der Waals surface area contributed by atoms with Crippen molar-refractivity contribution in [3.63, 3.8) is 0 Å². The van der Waals surface area contributed by atoms with Crippen molar-refractivity contribution in [3.8, 4) is 0 Å². The summed E-state index contributed by atoms with van der Waals surface area (Å²) in [5, 5.41) is 11.5. The molecular weight excluding hydrogens is 248 g/mol. The Hall–Kier alpha value is -1.40. The predicted octanol–water partition coefficient (Wildman–Crippen LogP) is 1.25. The molecule has 1 aliphatic heterocycles. The number of nitrogens with one attached hydrogen (secondary N) is 1. The smallest absolute Gasteiger partial charge is 0.323 e. The zero-order valence-corrected chi connectivity index (χ0v) is 12.0. The fourth-order valence-corrected chi connectivity index (χ4v) is 1.68. The molecule has 0 aliphatic carbocycles. The summed E-state index contributed by atoms with van der Waals surface area (Å²) in [5.41, 5.74) is 0.435. The third-order valence-electron chi connectivity index (χ3n) is 2.58. The van der Waals surface area contributed by atoms with Gasteiger partial charge >= 0.3 is 6.03 Å². The van der Waals surface area contributed by atoms with E-state index >= 15 is 0 Å². The van der Waals surface area contributed by atoms with E-state index in [1.807, 2.05) is 13.8 Å². The molecule has 6 nitrogen and oxygen atoms in total. The lowest BCUT2D eigenvalue weighted by atomic mass is 10.2. The lowest BCUT2D eigenvalue weighted by Crippen LogP contribution is -2.42.